The molecule has 0 bridgehead atoms. The van der Waals surface area contributed by atoms with Crippen LogP contribution in [0.15, 0.2) is 30.3 Å². The molecule has 1 amide bonds. The Kier molecular flexibility index (Phi) is 4.99. The molecule has 7 nitrogen and oxygen atoms in total. The zero-order valence-electron chi connectivity index (χ0n) is 15.0. The molecule has 0 aromatic heterocycles. The molecule has 2 aromatic rings. The van der Waals surface area contributed by atoms with E-state index in [1.807, 2.05) is 0 Å². The normalized spacial score (nSPS) is 17.9. The van der Waals surface area contributed by atoms with Crippen LogP contribution in [-0.2, 0) is 10.4 Å². The SMILES string of the molecule is COc1cc(C(=O)C[C@]2(O)C(=O)Nc3ccc(Cl)cc32)cc(OC)c1OC. The summed E-state index contributed by atoms with van der Waals surface area (Å²) in [6, 6.07) is 7.58. The summed E-state index contributed by atoms with van der Waals surface area (Å²) in [5.74, 6) is -0.218. The van der Waals surface area contributed by atoms with Crippen molar-refractivity contribution in [1.29, 1.82) is 0 Å². The topological polar surface area (TPSA) is 94.1 Å². The van der Waals surface area contributed by atoms with Crippen molar-refractivity contribution in [3.05, 3.63) is 46.5 Å². The first-order chi connectivity index (χ1) is 12.8. The highest BCUT2D eigenvalue weighted by molar-refractivity contribution is 6.31. The minimum absolute atomic E-state index is 0.209. The highest BCUT2D eigenvalue weighted by atomic mass is 35.5. The Morgan fingerprint density at radius 2 is 1.74 bits per heavy atom. The van der Waals surface area contributed by atoms with E-state index >= 15 is 0 Å². The third kappa shape index (κ3) is 3.20. The van der Waals surface area contributed by atoms with Crippen LogP contribution in [0.4, 0.5) is 5.69 Å². The number of ketones is 1. The fourth-order valence-corrected chi connectivity index (χ4v) is 3.24. The molecule has 1 heterocycles. The third-order valence-electron chi connectivity index (χ3n) is 4.45. The number of nitrogens with one attached hydrogen (secondary N) is 1. The van der Waals surface area contributed by atoms with E-state index in [1.165, 1.54) is 39.5 Å². The summed E-state index contributed by atoms with van der Waals surface area (Å²) >= 11 is 5.98. The molecule has 0 saturated carbocycles. The number of benzene rings is 2. The second-order valence-electron chi connectivity index (χ2n) is 6.02. The Balaban J connectivity index is 1.99. The fraction of sp³-hybridized carbons (Fsp3) is 0.263. The first kappa shape index (κ1) is 19.0. The standard InChI is InChI=1S/C19H18ClNO6/c1-25-15-6-10(7-16(26-2)17(15)27-3)14(22)9-19(24)12-8-11(20)4-5-13(12)21-18(19)23/h4-8,24H,9H2,1-3H3,(H,21,23)/t19-/m1/s1. The lowest BCUT2D eigenvalue weighted by Gasteiger charge is -2.21. The highest BCUT2D eigenvalue weighted by Gasteiger charge is 2.47. The molecule has 1 atom stereocenters. The number of Topliss-reactive ketones (excluding diaryl/α,β-unsaturated/α-hetero) is 1. The monoisotopic (exact) mass is 391 g/mol. The van der Waals surface area contributed by atoms with Crippen LogP contribution in [0.1, 0.15) is 22.3 Å². The van der Waals surface area contributed by atoms with Crippen molar-refractivity contribution in [3.63, 3.8) is 0 Å². The van der Waals surface area contributed by atoms with E-state index in [0.29, 0.717) is 28.0 Å². The van der Waals surface area contributed by atoms with Gasteiger partial charge in [-0.25, -0.2) is 0 Å². The van der Waals surface area contributed by atoms with Crippen LogP contribution in [0.3, 0.4) is 0 Å². The van der Waals surface area contributed by atoms with Crippen molar-refractivity contribution in [3.8, 4) is 17.2 Å². The molecule has 0 saturated heterocycles. The molecule has 1 aliphatic rings. The Morgan fingerprint density at radius 1 is 1.11 bits per heavy atom. The lowest BCUT2D eigenvalue weighted by molar-refractivity contribution is -0.133. The predicted molar refractivity (Wildman–Crippen MR) is 99.0 cm³/mol. The van der Waals surface area contributed by atoms with E-state index in [2.05, 4.69) is 5.32 Å². The maximum Gasteiger partial charge on any atom is 0.261 e. The van der Waals surface area contributed by atoms with Crippen molar-refractivity contribution in [1.82, 2.24) is 0 Å². The predicted octanol–water partition coefficient (Wildman–Crippen LogP) is 2.78. The highest BCUT2D eigenvalue weighted by Crippen LogP contribution is 2.42. The van der Waals surface area contributed by atoms with E-state index in [-0.39, 0.29) is 11.1 Å². The molecular weight excluding hydrogens is 374 g/mol. The fourth-order valence-electron chi connectivity index (χ4n) is 3.07. The number of carbonyl (C=O) groups excluding carboxylic acids is 2. The number of methoxy groups -OCH3 is 3. The van der Waals surface area contributed by atoms with Crippen LogP contribution in [0.25, 0.3) is 0 Å². The lowest BCUT2D eigenvalue weighted by atomic mass is 9.88. The molecule has 2 N–H and O–H groups in total. The molecule has 1 aliphatic heterocycles. The van der Waals surface area contributed by atoms with Crippen molar-refractivity contribution < 1.29 is 28.9 Å². The number of hydrogen-bond donors (Lipinski definition) is 2. The molecule has 3 rings (SSSR count). The van der Waals surface area contributed by atoms with E-state index < -0.39 is 23.7 Å². The quantitative estimate of drug-likeness (QED) is 0.735. The maximum absolute atomic E-state index is 12.9. The summed E-state index contributed by atoms with van der Waals surface area (Å²) in [5.41, 5.74) is -1.12. The zero-order valence-corrected chi connectivity index (χ0v) is 15.7. The zero-order chi connectivity index (χ0) is 19.8. The Morgan fingerprint density at radius 3 is 2.30 bits per heavy atom. The largest absolute Gasteiger partial charge is 0.493 e. The van der Waals surface area contributed by atoms with Gasteiger partial charge >= 0.3 is 0 Å². The van der Waals surface area contributed by atoms with Crippen molar-refractivity contribution in [2.24, 2.45) is 0 Å². The molecule has 27 heavy (non-hydrogen) atoms. The van der Waals surface area contributed by atoms with Gasteiger partial charge in [0.25, 0.3) is 5.91 Å². The Bertz CT molecular complexity index is 903. The van der Waals surface area contributed by atoms with Gasteiger partial charge in [-0.2, -0.15) is 0 Å². The van der Waals surface area contributed by atoms with Gasteiger partial charge in [-0.05, 0) is 30.3 Å². The van der Waals surface area contributed by atoms with Gasteiger partial charge < -0.3 is 24.6 Å². The maximum atomic E-state index is 12.9. The van der Waals surface area contributed by atoms with E-state index in [4.69, 9.17) is 25.8 Å². The van der Waals surface area contributed by atoms with Gasteiger partial charge in [0.05, 0.1) is 27.8 Å². The number of amides is 1. The molecule has 0 radical (unpaired) electrons. The number of ether oxygens (including phenoxy) is 3. The smallest absolute Gasteiger partial charge is 0.261 e. The first-order valence-corrected chi connectivity index (χ1v) is 8.39. The molecule has 0 fully saturated rings. The summed E-state index contributed by atoms with van der Waals surface area (Å²) < 4.78 is 15.7. The minimum atomic E-state index is -2.02. The molecule has 0 aliphatic carbocycles. The van der Waals surface area contributed by atoms with E-state index in [9.17, 15) is 14.7 Å². The van der Waals surface area contributed by atoms with E-state index in [1.54, 1.807) is 12.1 Å². The van der Waals surface area contributed by atoms with Gasteiger partial charge in [0.2, 0.25) is 5.75 Å². The Labute approximate surface area is 160 Å². The van der Waals surface area contributed by atoms with Crippen molar-refractivity contribution >= 4 is 29.0 Å². The summed E-state index contributed by atoms with van der Waals surface area (Å²) in [7, 11) is 4.32. The second-order valence-corrected chi connectivity index (χ2v) is 6.45. The average Bonchev–Trinajstić information content (AvgIpc) is 2.90. The van der Waals surface area contributed by atoms with Crippen LogP contribution < -0.4 is 19.5 Å². The van der Waals surface area contributed by atoms with Gasteiger partial charge in [-0.15, -0.1) is 0 Å². The van der Waals surface area contributed by atoms with Gasteiger partial charge in [-0.3, -0.25) is 9.59 Å². The molecule has 142 valence electrons. The van der Waals surface area contributed by atoms with Gasteiger partial charge in [0.15, 0.2) is 22.9 Å². The molecule has 2 aromatic carbocycles. The third-order valence-corrected chi connectivity index (χ3v) is 4.69. The summed E-state index contributed by atoms with van der Waals surface area (Å²) in [4.78, 5) is 25.2. The van der Waals surface area contributed by atoms with Crippen molar-refractivity contribution in [2.45, 2.75) is 12.0 Å². The molecular formula is C19H18ClNO6. The second kappa shape index (κ2) is 7.09. The lowest BCUT2D eigenvalue weighted by Crippen LogP contribution is -2.36. The van der Waals surface area contributed by atoms with Crippen LogP contribution >= 0.6 is 11.6 Å². The molecule has 0 spiro atoms. The average molecular weight is 392 g/mol. The van der Waals surface area contributed by atoms with Gasteiger partial charge in [-0.1, -0.05) is 11.6 Å². The molecule has 8 heteroatoms. The number of rotatable bonds is 6. The number of carbonyl (C=O) groups is 2. The molecule has 0 unspecified atom stereocenters. The number of halogens is 1. The first-order valence-electron chi connectivity index (χ1n) is 8.01. The number of anilines is 1. The van der Waals surface area contributed by atoms with Crippen LogP contribution in [-0.4, -0.2) is 38.1 Å². The summed E-state index contributed by atoms with van der Waals surface area (Å²) in [5, 5.41) is 13.9. The van der Waals surface area contributed by atoms with Crippen molar-refractivity contribution in [2.75, 3.05) is 26.6 Å². The van der Waals surface area contributed by atoms with Crippen LogP contribution in [0, 0.1) is 0 Å². The number of hydrogen-bond acceptors (Lipinski definition) is 6. The number of aliphatic hydroxyl groups is 1. The number of fused-ring (bicyclic) bond motifs is 1. The summed E-state index contributed by atoms with van der Waals surface area (Å²) in [6.45, 7) is 0. The summed E-state index contributed by atoms with van der Waals surface area (Å²) in [6.07, 6.45) is -0.467. The minimum Gasteiger partial charge on any atom is -0.493 e. The van der Waals surface area contributed by atoms with E-state index in [0.717, 1.165) is 0 Å². The van der Waals surface area contributed by atoms with Crippen LogP contribution in [0.2, 0.25) is 5.02 Å². The van der Waals surface area contributed by atoms with Gasteiger partial charge in [0, 0.05) is 21.8 Å². The Hall–Kier alpha value is -2.77. The van der Waals surface area contributed by atoms with Gasteiger partial charge in [0.1, 0.15) is 0 Å². The van der Waals surface area contributed by atoms with Crippen LogP contribution in [0.5, 0.6) is 17.2 Å².